The van der Waals surface area contributed by atoms with Gasteiger partial charge in [0.05, 0.1) is 6.61 Å². The van der Waals surface area contributed by atoms with Crippen molar-refractivity contribution >= 4 is 12.2 Å². The summed E-state index contributed by atoms with van der Waals surface area (Å²) in [5, 5.41) is 6.40. The highest BCUT2D eigenvalue weighted by Crippen LogP contribution is 2.29. The zero-order chi connectivity index (χ0) is 17.5. The first-order valence-corrected chi connectivity index (χ1v) is 7.78. The van der Waals surface area contributed by atoms with Crippen LogP contribution >= 0.6 is 0 Å². The number of benzene rings is 2. The number of aliphatic imine (C=N–C) groups is 1. The van der Waals surface area contributed by atoms with Crippen LogP contribution in [0.5, 0.6) is 11.5 Å². The monoisotopic (exact) mass is 340 g/mol. The van der Waals surface area contributed by atoms with Crippen LogP contribution in [0.3, 0.4) is 0 Å². The fraction of sp³-hybridized carbons (Fsp3) is 0.167. The van der Waals surface area contributed by atoms with Gasteiger partial charge in [-0.3, -0.25) is 0 Å². The Morgan fingerprint density at radius 1 is 1.12 bits per heavy atom. The standard InChI is InChI=1S/C18H17FN4O2/c1-2-24-17-9-14(10-20-18-21-12-22-23-18)5-8-16(17)25-11-13-3-6-15(19)7-4-13/h3-10,12H,2,11H2,1H3,(H,21,22,23)/b20-10+. The van der Waals surface area contributed by atoms with E-state index < -0.39 is 0 Å². The van der Waals surface area contributed by atoms with Gasteiger partial charge in [0.15, 0.2) is 11.5 Å². The van der Waals surface area contributed by atoms with E-state index in [2.05, 4.69) is 20.2 Å². The molecule has 128 valence electrons. The average Bonchev–Trinajstić information content (AvgIpc) is 3.14. The Kier molecular flexibility index (Phi) is 5.36. The van der Waals surface area contributed by atoms with Crippen LogP contribution in [-0.2, 0) is 6.61 Å². The van der Waals surface area contributed by atoms with Gasteiger partial charge in [0, 0.05) is 6.21 Å². The molecule has 1 N–H and O–H groups in total. The van der Waals surface area contributed by atoms with Gasteiger partial charge >= 0.3 is 0 Å². The zero-order valence-electron chi connectivity index (χ0n) is 13.6. The summed E-state index contributed by atoms with van der Waals surface area (Å²) in [5.74, 6) is 1.39. The number of aromatic amines is 1. The van der Waals surface area contributed by atoms with Crippen molar-refractivity contribution < 1.29 is 13.9 Å². The first-order valence-electron chi connectivity index (χ1n) is 7.78. The Morgan fingerprint density at radius 2 is 1.96 bits per heavy atom. The Balaban J connectivity index is 1.73. The van der Waals surface area contributed by atoms with Gasteiger partial charge in [0.2, 0.25) is 5.95 Å². The van der Waals surface area contributed by atoms with Crippen molar-refractivity contribution in [1.82, 2.24) is 15.2 Å². The summed E-state index contributed by atoms with van der Waals surface area (Å²) in [6, 6.07) is 11.7. The van der Waals surface area contributed by atoms with Crippen molar-refractivity contribution in [2.24, 2.45) is 4.99 Å². The Bertz CT molecular complexity index is 833. The van der Waals surface area contributed by atoms with Crippen LogP contribution in [0.2, 0.25) is 0 Å². The molecule has 0 atom stereocenters. The van der Waals surface area contributed by atoms with Crippen molar-refractivity contribution in [3.8, 4) is 11.5 Å². The molecule has 0 aliphatic carbocycles. The molecule has 0 aliphatic heterocycles. The largest absolute Gasteiger partial charge is 0.490 e. The Morgan fingerprint density at radius 3 is 2.68 bits per heavy atom. The molecule has 3 rings (SSSR count). The van der Waals surface area contributed by atoms with Gasteiger partial charge in [-0.05, 0) is 48.4 Å². The highest BCUT2D eigenvalue weighted by atomic mass is 19.1. The summed E-state index contributed by atoms with van der Waals surface area (Å²) < 4.78 is 24.4. The van der Waals surface area contributed by atoms with Crippen LogP contribution in [0, 0.1) is 5.82 Å². The van der Waals surface area contributed by atoms with E-state index in [1.807, 2.05) is 25.1 Å². The molecule has 0 amide bonds. The van der Waals surface area contributed by atoms with Gasteiger partial charge in [-0.1, -0.05) is 12.1 Å². The Hall–Kier alpha value is -3.22. The zero-order valence-corrected chi connectivity index (χ0v) is 13.6. The number of aromatic nitrogens is 3. The molecule has 0 fully saturated rings. The van der Waals surface area contributed by atoms with Gasteiger partial charge < -0.3 is 9.47 Å². The second kappa shape index (κ2) is 8.05. The second-order valence-electron chi connectivity index (χ2n) is 5.12. The summed E-state index contributed by atoms with van der Waals surface area (Å²) in [5.41, 5.74) is 1.72. The lowest BCUT2D eigenvalue weighted by Crippen LogP contribution is -2.00. The summed E-state index contributed by atoms with van der Waals surface area (Å²) in [6.45, 7) is 2.74. The van der Waals surface area contributed by atoms with Crippen molar-refractivity contribution in [2.45, 2.75) is 13.5 Å². The predicted octanol–water partition coefficient (Wildman–Crippen LogP) is 3.67. The molecule has 0 radical (unpaired) electrons. The van der Waals surface area contributed by atoms with Gasteiger partial charge in [-0.15, -0.1) is 0 Å². The number of ether oxygens (including phenoxy) is 2. The third-order valence-electron chi connectivity index (χ3n) is 3.31. The maximum Gasteiger partial charge on any atom is 0.245 e. The van der Waals surface area contributed by atoms with Gasteiger partial charge in [-0.25, -0.2) is 14.5 Å². The lowest BCUT2D eigenvalue weighted by molar-refractivity contribution is 0.269. The molecule has 0 aliphatic rings. The fourth-order valence-electron chi connectivity index (χ4n) is 2.13. The van der Waals surface area contributed by atoms with E-state index in [1.165, 1.54) is 18.5 Å². The van der Waals surface area contributed by atoms with Crippen molar-refractivity contribution in [2.75, 3.05) is 6.61 Å². The van der Waals surface area contributed by atoms with Crippen molar-refractivity contribution in [3.63, 3.8) is 0 Å². The van der Waals surface area contributed by atoms with Crippen LogP contribution in [0.25, 0.3) is 0 Å². The van der Waals surface area contributed by atoms with Gasteiger partial charge in [0.1, 0.15) is 18.8 Å². The highest BCUT2D eigenvalue weighted by Gasteiger charge is 2.07. The quantitative estimate of drug-likeness (QED) is 0.666. The van der Waals surface area contributed by atoms with E-state index in [4.69, 9.17) is 9.47 Å². The smallest absolute Gasteiger partial charge is 0.245 e. The molecule has 3 aromatic rings. The molecule has 1 aromatic heterocycles. The molecule has 2 aromatic carbocycles. The number of H-pyrrole nitrogens is 1. The van der Waals surface area contributed by atoms with E-state index >= 15 is 0 Å². The van der Waals surface area contributed by atoms with Crippen LogP contribution in [0.1, 0.15) is 18.1 Å². The number of rotatable bonds is 7. The normalized spacial score (nSPS) is 11.0. The molecular formula is C18H17FN4O2. The lowest BCUT2D eigenvalue weighted by Gasteiger charge is -2.12. The first-order chi connectivity index (χ1) is 12.2. The maximum atomic E-state index is 12.9. The third-order valence-corrected chi connectivity index (χ3v) is 3.31. The van der Waals surface area contributed by atoms with Crippen molar-refractivity contribution in [1.29, 1.82) is 0 Å². The number of nitrogens with one attached hydrogen (secondary N) is 1. The van der Waals surface area contributed by atoms with E-state index in [0.29, 0.717) is 30.7 Å². The lowest BCUT2D eigenvalue weighted by atomic mass is 10.2. The molecule has 25 heavy (non-hydrogen) atoms. The minimum Gasteiger partial charge on any atom is -0.490 e. The Labute approximate surface area is 144 Å². The SMILES string of the molecule is CCOc1cc(/C=N/c2ncn[nH]2)ccc1OCc1ccc(F)cc1. The van der Waals surface area contributed by atoms with E-state index in [0.717, 1.165) is 11.1 Å². The summed E-state index contributed by atoms with van der Waals surface area (Å²) in [7, 11) is 0. The van der Waals surface area contributed by atoms with Crippen LogP contribution < -0.4 is 9.47 Å². The molecule has 7 heteroatoms. The first kappa shape index (κ1) is 16.6. The highest BCUT2D eigenvalue weighted by molar-refractivity contribution is 5.82. The molecule has 6 nitrogen and oxygen atoms in total. The van der Waals surface area contributed by atoms with E-state index in [9.17, 15) is 4.39 Å². The summed E-state index contributed by atoms with van der Waals surface area (Å²) >= 11 is 0. The number of hydrogen-bond acceptors (Lipinski definition) is 5. The van der Waals surface area contributed by atoms with Gasteiger partial charge in [0.25, 0.3) is 0 Å². The predicted molar refractivity (Wildman–Crippen MR) is 92.0 cm³/mol. The number of nitrogens with zero attached hydrogens (tertiary/aromatic N) is 3. The summed E-state index contributed by atoms with van der Waals surface area (Å²) in [6.07, 6.45) is 3.05. The van der Waals surface area contributed by atoms with E-state index in [-0.39, 0.29) is 5.82 Å². The average molecular weight is 340 g/mol. The molecule has 0 saturated carbocycles. The van der Waals surface area contributed by atoms with E-state index in [1.54, 1.807) is 18.3 Å². The topological polar surface area (TPSA) is 72.4 Å². The van der Waals surface area contributed by atoms with Gasteiger partial charge in [-0.2, -0.15) is 10.1 Å². The third kappa shape index (κ3) is 4.63. The second-order valence-corrected chi connectivity index (χ2v) is 5.12. The molecule has 1 heterocycles. The number of hydrogen-bond donors (Lipinski definition) is 1. The molecule has 0 bridgehead atoms. The van der Waals surface area contributed by atoms with Crippen molar-refractivity contribution in [3.05, 3.63) is 65.7 Å². The van der Waals surface area contributed by atoms with Crippen LogP contribution in [-0.4, -0.2) is 28.0 Å². The molecular weight excluding hydrogens is 323 g/mol. The minimum absolute atomic E-state index is 0.269. The minimum atomic E-state index is -0.269. The molecule has 0 unspecified atom stereocenters. The fourth-order valence-corrected chi connectivity index (χ4v) is 2.13. The molecule has 0 spiro atoms. The van der Waals surface area contributed by atoms with Crippen LogP contribution in [0.15, 0.2) is 53.8 Å². The molecule has 0 saturated heterocycles. The maximum absolute atomic E-state index is 12.9. The van der Waals surface area contributed by atoms with Crippen LogP contribution in [0.4, 0.5) is 10.3 Å². The summed E-state index contributed by atoms with van der Waals surface area (Å²) in [4.78, 5) is 8.11. The number of halogens is 1.